The lowest BCUT2D eigenvalue weighted by molar-refractivity contribution is -0.137. The summed E-state index contributed by atoms with van der Waals surface area (Å²) in [5.41, 5.74) is 1.10. The average Bonchev–Trinajstić information content (AvgIpc) is 3.09. The molecule has 0 aliphatic carbocycles. The molecule has 1 atom stereocenters. The molecule has 0 unspecified atom stereocenters. The number of pyridine rings is 2. The molecule has 0 saturated heterocycles. The summed E-state index contributed by atoms with van der Waals surface area (Å²) < 4.78 is 40.2. The lowest BCUT2D eigenvalue weighted by atomic mass is 10.2. The van der Waals surface area contributed by atoms with Crippen molar-refractivity contribution in [2.45, 2.75) is 26.6 Å². The number of hydrogen-bond donors (Lipinski definition) is 2. The topological polar surface area (TPSA) is 88.8 Å². The highest BCUT2D eigenvalue weighted by molar-refractivity contribution is 5.61. The first-order valence-electron chi connectivity index (χ1n) is 8.55. The van der Waals surface area contributed by atoms with E-state index in [9.17, 15) is 13.2 Å². The van der Waals surface area contributed by atoms with Crippen LogP contribution in [0.15, 0.2) is 36.7 Å². The summed E-state index contributed by atoms with van der Waals surface area (Å²) in [7, 11) is 0. The fraction of sp³-hybridized carbons (Fsp3) is 0.333. The van der Waals surface area contributed by atoms with Crippen molar-refractivity contribution in [2.24, 2.45) is 5.92 Å². The number of alkyl halides is 3. The number of halogens is 3. The Labute approximate surface area is 159 Å². The summed E-state index contributed by atoms with van der Waals surface area (Å²) >= 11 is 0. The summed E-state index contributed by atoms with van der Waals surface area (Å²) in [5, 5.41) is 20.1. The highest BCUT2D eigenvalue weighted by atomic mass is 19.4. The molecule has 0 fully saturated rings. The van der Waals surface area contributed by atoms with Crippen molar-refractivity contribution in [3.63, 3.8) is 0 Å². The molecule has 3 aromatic heterocycles. The van der Waals surface area contributed by atoms with Crippen molar-refractivity contribution in [1.29, 1.82) is 0 Å². The highest BCUT2D eigenvalue weighted by Gasteiger charge is 2.30. The van der Waals surface area contributed by atoms with Crippen LogP contribution in [-0.4, -0.2) is 36.7 Å². The van der Waals surface area contributed by atoms with Crippen LogP contribution in [0.1, 0.15) is 18.1 Å². The van der Waals surface area contributed by atoms with E-state index in [0.717, 1.165) is 23.9 Å². The maximum atomic E-state index is 12.9. The van der Waals surface area contributed by atoms with Gasteiger partial charge in [-0.25, -0.2) is 9.97 Å². The number of rotatable bonds is 6. The second-order valence-corrected chi connectivity index (χ2v) is 6.58. The van der Waals surface area contributed by atoms with E-state index < -0.39 is 11.7 Å². The molecule has 0 bridgehead atoms. The second-order valence-electron chi connectivity index (χ2n) is 6.58. The number of nitrogens with one attached hydrogen (secondary N) is 1. The smallest absolute Gasteiger partial charge is 0.396 e. The van der Waals surface area contributed by atoms with Gasteiger partial charge in [-0.05, 0) is 42.7 Å². The summed E-state index contributed by atoms with van der Waals surface area (Å²) in [6.07, 6.45) is -1.65. The van der Waals surface area contributed by atoms with Gasteiger partial charge in [0.2, 0.25) is 0 Å². The summed E-state index contributed by atoms with van der Waals surface area (Å²) in [5.74, 6) is 0.420. The Balaban J connectivity index is 1.84. The minimum absolute atomic E-state index is 0.0317. The SMILES string of the molecule is Cc1cc(Nc2cc(C(F)(F)F)ccn2)nc(-c2cn(C[C@@H](C)CO)nn2)c1. The lowest BCUT2D eigenvalue weighted by Gasteiger charge is -2.10. The van der Waals surface area contributed by atoms with Gasteiger partial charge < -0.3 is 10.4 Å². The van der Waals surface area contributed by atoms with E-state index in [1.165, 1.54) is 0 Å². The largest absolute Gasteiger partial charge is 0.416 e. The van der Waals surface area contributed by atoms with E-state index in [2.05, 4.69) is 25.6 Å². The first-order valence-corrected chi connectivity index (χ1v) is 8.55. The van der Waals surface area contributed by atoms with E-state index >= 15 is 0 Å². The Bertz CT molecular complexity index is 956. The maximum absolute atomic E-state index is 12.9. The molecular weight excluding hydrogens is 373 g/mol. The van der Waals surface area contributed by atoms with Crippen LogP contribution < -0.4 is 5.32 Å². The van der Waals surface area contributed by atoms with Gasteiger partial charge in [-0.15, -0.1) is 5.10 Å². The summed E-state index contributed by atoms with van der Waals surface area (Å²) in [6, 6.07) is 5.33. The Hall–Kier alpha value is -3.01. The molecule has 3 aromatic rings. The van der Waals surface area contributed by atoms with Crippen LogP contribution in [0, 0.1) is 12.8 Å². The van der Waals surface area contributed by atoms with Gasteiger partial charge in [0.15, 0.2) is 0 Å². The molecular formula is C18H19F3N6O. The number of aromatic nitrogens is 5. The van der Waals surface area contributed by atoms with Crippen molar-refractivity contribution in [2.75, 3.05) is 11.9 Å². The van der Waals surface area contributed by atoms with Crippen LogP contribution in [0.4, 0.5) is 24.8 Å². The predicted octanol–water partition coefficient (Wildman–Crippen LogP) is 3.43. The van der Waals surface area contributed by atoms with Crippen molar-refractivity contribution in [3.8, 4) is 11.4 Å². The van der Waals surface area contributed by atoms with Gasteiger partial charge in [0.05, 0.1) is 17.5 Å². The molecule has 28 heavy (non-hydrogen) atoms. The third-order valence-corrected chi connectivity index (χ3v) is 3.92. The van der Waals surface area contributed by atoms with Crippen LogP contribution >= 0.6 is 0 Å². The number of aliphatic hydroxyl groups excluding tert-OH is 1. The van der Waals surface area contributed by atoms with Crippen LogP contribution in [0.3, 0.4) is 0 Å². The molecule has 148 valence electrons. The molecule has 0 radical (unpaired) electrons. The number of aliphatic hydroxyl groups is 1. The molecule has 7 nitrogen and oxygen atoms in total. The monoisotopic (exact) mass is 392 g/mol. The second kappa shape index (κ2) is 7.93. The minimum Gasteiger partial charge on any atom is -0.396 e. The number of nitrogens with zero attached hydrogens (tertiary/aromatic N) is 5. The highest BCUT2D eigenvalue weighted by Crippen LogP contribution is 2.30. The van der Waals surface area contributed by atoms with Crippen LogP contribution in [0.5, 0.6) is 0 Å². The number of hydrogen-bond acceptors (Lipinski definition) is 6. The van der Waals surface area contributed by atoms with Crippen molar-refractivity contribution >= 4 is 11.6 Å². The van der Waals surface area contributed by atoms with E-state index in [1.807, 2.05) is 13.8 Å². The molecule has 0 amide bonds. The lowest BCUT2D eigenvalue weighted by Crippen LogP contribution is -2.11. The Morgan fingerprint density at radius 2 is 1.96 bits per heavy atom. The number of anilines is 2. The fourth-order valence-electron chi connectivity index (χ4n) is 2.55. The molecule has 0 aliphatic rings. The first kappa shape index (κ1) is 19.7. The van der Waals surface area contributed by atoms with Gasteiger partial charge in [0, 0.05) is 19.3 Å². The van der Waals surface area contributed by atoms with E-state index in [1.54, 1.807) is 23.0 Å². The van der Waals surface area contributed by atoms with Gasteiger partial charge in [-0.3, -0.25) is 4.68 Å². The number of aryl methyl sites for hydroxylation is 1. The van der Waals surface area contributed by atoms with Crippen LogP contribution in [0.25, 0.3) is 11.4 Å². The zero-order chi connectivity index (χ0) is 20.3. The van der Waals surface area contributed by atoms with Crippen LogP contribution in [-0.2, 0) is 12.7 Å². The Morgan fingerprint density at radius 3 is 2.68 bits per heavy atom. The van der Waals surface area contributed by atoms with Gasteiger partial charge in [0.25, 0.3) is 0 Å². The molecule has 0 aromatic carbocycles. The van der Waals surface area contributed by atoms with Gasteiger partial charge in [0.1, 0.15) is 17.3 Å². The molecule has 3 heterocycles. The molecule has 0 saturated carbocycles. The average molecular weight is 392 g/mol. The molecule has 2 N–H and O–H groups in total. The van der Waals surface area contributed by atoms with E-state index in [0.29, 0.717) is 23.8 Å². The fourth-order valence-corrected chi connectivity index (χ4v) is 2.55. The predicted molar refractivity (Wildman–Crippen MR) is 96.8 cm³/mol. The van der Waals surface area contributed by atoms with E-state index in [-0.39, 0.29) is 18.3 Å². The molecule has 0 spiro atoms. The van der Waals surface area contributed by atoms with Gasteiger partial charge in [-0.2, -0.15) is 13.2 Å². The third-order valence-electron chi connectivity index (χ3n) is 3.92. The van der Waals surface area contributed by atoms with E-state index in [4.69, 9.17) is 5.11 Å². The molecule has 10 heteroatoms. The standard InChI is InChI=1S/C18H19F3N6O/c1-11-5-14(15-9-27(26-25-15)8-12(2)10-28)23-17(6-11)24-16-7-13(3-4-22-16)18(19,20)21/h3-7,9,12,28H,8,10H2,1-2H3,(H,22,23,24)/t12-/m1/s1. The van der Waals surface area contributed by atoms with Gasteiger partial charge in [-0.1, -0.05) is 12.1 Å². The Morgan fingerprint density at radius 1 is 1.18 bits per heavy atom. The minimum atomic E-state index is -4.45. The van der Waals surface area contributed by atoms with Crippen molar-refractivity contribution in [1.82, 2.24) is 25.0 Å². The zero-order valence-corrected chi connectivity index (χ0v) is 15.3. The van der Waals surface area contributed by atoms with Crippen molar-refractivity contribution in [3.05, 3.63) is 47.8 Å². The molecule has 0 aliphatic heterocycles. The Kier molecular flexibility index (Phi) is 5.59. The quantitative estimate of drug-likeness (QED) is 0.668. The van der Waals surface area contributed by atoms with Gasteiger partial charge >= 0.3 is 6.18 Å². The molecule has 3 rings (SSSR count). The summed E-state index contributed by atoms with van der Waals surface area (Å²) in [6.45, 7) is 4.27. The maximum Gasteiger partial charge on any atom is 0.416 e. The van der Waals surface area contributed by atoms with Crippen molar-refractivity contribution < 1.29 is 18.3 Å². The zero-order valence-electron chi connectivity index (χ0n) is 15.3. The third kappa shape index (κ3) is 4.83. The first-order chi connectivity index (χ1) is 13.2. The summed E-state index contributed by atoms with van der Waals surface area (Å²) in [4.78, 5) is 8.33. The van der Waals surface area contributed by atoms with Crippen LogP contribution in [0.2, 0.25) is 0 Å². The normalized spacial score (nSPS) is 12.8.